The number of anilines is 1. The fourth-order valence-corrected chi connectivity index (χ4v) is 1.26. The van der Waals surface area contributed by atoms with Crippen LogP contribution in [0.1, 0.15) is 25.7 Å². The van der Waals surface area contributed by atoms with Crippen LogP contribution in [-0.2, 0) is 40.8 Å². The Balaban J connectivity index is -0.000000183. The van der Waals surface area contributed by atoms with Crippen LogP contribution in [0, 0.1) is 20.0 Å². The van der Waals surface area contributed by atoms with E-state index in [0.29, 0.717) is 18.9 Å². The van der Waals surface area contributed by atoms with Gasteiger partial charge in [0.2, 0.25) is 0 Å². The molecule has 0 aliphatic heterocycles. The molecule has 0 spiro atoms. The number of nitrogen functional groups attached to an aromatic ring is 1. The second kappa shape index (κ2) is 23.8. The van der Waals surface area contributed by atoms with Gasteiger partial charge in [0.25, 0.3) is 0 Å². The fourth-order valence-electron chi connectivity index (χ4n) is 1.26. The number of ether oxygens (including phenoxy) is 2. The van der Waals surface area contributed by atoms with E-state index in [1.807, 2.05) is 38.1 Å². The van der Waals surface area contributed by atoms with Crippen molar-refractivity contribution in [3.05, 3.63) is 49.8 Å². The van der Waals surface area contributed by atoms with E-state index in [9.17, 15) is 0 Å². The largest absolute Gasteiger partial charge is 0 e. The molecule has 0 amide bonds. The Kier molecular flexibility index (Phi) is 31.6. The van der Waals surface area contributed by atoms with Gasteiger partial charge in [-0.05, 0) is 19.9 Å². The standard InChI is InChI=1S/C11H17NO2.3CO.Cr/c1-3-13-11(14-4-2)9-7-5-6-8-10(9)12;3*1-2;/h5-8,11H,3-4,12H2,1-2H3;;;;. The van der Waals surface area contributed by atoms with Gasteiger partial charge < -0.3 is 15.2 Å². The summed E-state index contributed by atoms with van der Waals surface area (Å²) < 4.78 is 33.4. The van der Waals surface area contributed by atoms with Gasteiger partial charge in [0.15, 0.2) is 6.29 Å². The maximum atomic E-state index is 7.50. The number of hydrogen-bond acceptors (Lipinski definition) is 3. The van der Waals surface area contributed by atoms with Crippen molar-refractivity contribution in [2.45, 2.75) is 20.1 Å². The molecule has 21 heavy (non-hydrogen) atoms. The molecule has 0 aliphatic rings. The van der Waals surface area contributed by atoms with Crippen molar-refractivity contribution in [3.63, 3.8) is 0 Å². The molecule has 0 bridgehead atoms. The third-order valence-corrected chi connectivity index (χ3v) is 1.89. The fraction of sp³-hybridized carbons (Fsp3) is 0.357. The molecule has 0 saturated heterocycles. The van der Waals surface area contributed by atoms with Gasteiger partial charge >= 0.3 is 33.9 Å². The van der Waals surface area contributed by atoms with Crippen molar-refractivity contribution in [3.8, 4) is 0 Å². The summed E-state index contributed by atoms with van der Waals surface area (Å²) in [4.78, 5) is 0. The summed E-state index contributed by atoms with van der Waals surface area (Å²) in [5, 5.41) is 0. The van der Waals surface area contributed by atoms with E-state index in [4.69, 9.17) is 29.2 Å². The molecule has 1 rings (SSSR count). The molecule has 0 atom stereocenters. The molecule has 1 aromatic rings. The summed E-state index contributed by atoms with van der Waals surface area (Å²) in [6.07, 6.45) is -0.341. The van der Waals surface area contributed by atoms with Crippen LogP contribution in [0.5, 0.6) is 0 Å². The van der Waals surface area contributed by atoms with Crippen molar-refractivity contribution in [1.82, 2.24) is 0 Å². The predicted molar refractivity (Wildman–Crippen MR) is 68.6 cm³/mol. The van der Waals surface area contributed by atoms with E-state index in [1.165, 1.54) is 0 Å². The van der Waals surface area contributed by atoms with E-state index in [-0.39, 0.29) is 23.7 Å². The Bertz CT molecular complexity index is 372. The first-order valence-corrected chi connectivity index (χ1v) is 5.48. The zero-order chi connectivity index (χ0) is 16.4. The summed E-state index contributed by atoms with van der Waals surface area (Å²) in [5.74, 6) is 0. The van der Waals surface area contributed by atoms with Gasteiger partial charge in [-0.2, -0.15) is 0 Å². The Morgan fingerprint density at radius 3 is 1.67 bits per heavy atom. The van der Waals surface area contributed by atoms with Crippen molar-refractivity contribution < 1.29 is 40.8 Å². The quantitative estimate of drug-likeness (QED) is 0.387. The minimum absolute atomic E-state index is 0. The van der Waals surface area contributed by atoms with Crippen molar-refractivity contribution in [1.29, 1.82) is 0 Å². The van der Waals surface area contributed by atoms with Crippen LogP contribution in [0.2, 0.25) is 0 Å². The molecule has 0 heterocycles. The molecule has 0 unspecified atom stereocenters. The van der Waals surface area contributed by atoms with Crippen molar-refractivity contribution in [2.75, 3.05) is 18.9 Å². The second-order valence-corrected chi connectivity index (χ2v) is 2.87. The Labute approximate surface area is 135 Å². The zero-order valence-corrected chi connectivity index (χ0v) is 13.1. The molecule has 114 valence electrons. The van der Waals surface area contributed by atoms with Gasteiger partial charge in [0.1, 0.15) is 0 Å². The van der Waals surface area contributed by atoms with Crippen LogP contribution in [0.15, 0.2) is 24.3 Å². The van der Waals surface area contributed by atoms with E-state index in [1.54, 1.807) is 0 Å². The molecule has 0 fully saturated rings. The normalized spacial score (nSPS) is 7.48. The van der Waals surface area contributed by atoms with Gasteiger partial charge in [0.05, 0.1) is 0 Å². The number of para-hydroxylation sites is 1. The van der Waals surface area contributed by atoms with E-state index >= 15 is 0 Å². The molecule has 0 aromatic heterocycles. The number of nitrogens with two attached hydrogens (primary N) is 1. The molecule has 7 heteroatoms. The summed E-state index contributed by atoms with van der Waals surface area (Å²) in [5.41, 5.74) is 7.43. The Hall–Kier alpha value is -1.31. The zero-order valence-electron chi connectivity index (χ0n) is 11.8. The number of hydrogen-bond donors (Lipinski definition) is 1. The molecule has 0 aliphatic carbocycles. The van der Waals surface area contributed by atoms with Crippen LogP contribution in [0.3, 0.4) is 0 Å². The van der Waals surface area contributed by atoms with Gasteiger partial charge in [-0.25, -0.2) is 0 Å². The monoisotopic (exact) mass is 331 g/mol. The molecular weight excluding hydrogens is 314 g/mol. The number of benzene rings is 1. The van der Waals surface area contributed by atoms with E-state index in [2.05, 4.69) is 20.0 Å². The Morgan fingerprint density at radius 2 is 1.33 bits per heavy atom. The Morgan fingerprint density at radius 1 is 0.952 bits per heavy atom. The molecule has 6 nitrogen and oxygen atoms in total. The van der Waals surface area contributed by atoms with Gasteiger partial charge in [-0.3, -0.25) is 0 Å². The van der Waals surface area contributed by atoms with Crippen molar-refractivity contribution in [2.24, 2.45) is 0 Å². The third kappa shape index (κ3) is 13.4. The topological polar surface area (TPSA) is 104 Å². The minimum Gasteiger partial charge on any atom is 0 e. The molecule has 1 aromatic carbocycles. The minimum atomic E-state index is -0.341. The maximum Gasteiger partial charge on any atom is 0 e. The van der Waals surface area contributed by atoms with Crippen LogP contribution < -0.4 is 5.73 Å². The van der Waals surface area contributed by atoms with Crippen molar-refractivity contribution >= 4 is 5.69 Å². The third-order valence-electron chi connectivity index (χ3n) is 1.89. The van der Waals surface area contributed by atoms with Crippen LogP contribution in [0.4, 0.5) is 5.69 Å². The summed E-state index contributed by atoms with van der Waals surface area (Å²) in [6, 6.07) is 7.59. The molecule has 0 radical (unpaired) electrons. The van der Waals surface area contributed by atoms with Crippen LogP contribution in [-0.4, -0.2) is 13.2 Å². The van der Waals surface area contributed by atoms with E-state index in [0.717, 1.165) is 5.56 Å². The first kappa shape index (κ1) is 27.9. The van der Waals surface area contributed by atoms with Crippen LogP contribution >= 0.6 is 0 Å². The maximum absolute atomic E-state index is 7.50. The molecule has 0 saturated carbocycles. The SMILES string of the molecule is CCOC(OCC)c1ccccc1N.[C-]#[O+].[C-]#[O+].[C-]#[O+].[Cr]. The number of rotatable bonds is 5. The van der Waals surface area contributed by atoms with Gasteiger partial charge in [-0.1, -0.05) is 18.2 Å². The summed E-state index contributed by atoms with van der Waals surface area (Å²) in [6.45, 7) is 18.6. The second-order valence-electron chi connectivity index (χ2n) is 2.87. The first-order valence-electron chi connectivity index (χ1n) is 5.48. The van der Waals surface area contributed by atoms with Crippen LogP contribution in [0.25, 0.3) is 0 Å². The first-order chi connectivity index (χ1) is 9.79. The van der Waals surface area contributed by atoms with Gasteiger partial charge in [0, 0.05) is 41.8 Å². The van der Waals surface area contributed by atoms with E-state index < -0.39 is 0 Å². The molecular formula is C14H17CrNO5. The smallest absolute Gasteiger partial charge is 0 e. The average Bonchev–Trinajstić information content (AvgIpc) is 2.54. The summed E-state index contributed by atoms with van der Waals surface area (Å²) in [7, 11) is 0. The van der Waals surface area contributed by atoms with Gasteiger partial charge in [-0.15, -0.1) is 0 Å². The average molecular weight is 331 g/mol. The predicted octanol–water partition coefficient (Wildman–Crippen LogP) is 2.23. The summed E-state index contributed by atoms with van der Waals surface area (Å²) >= 11 is 0. The molecule has 2 N–H and O–H groups in total.